The van der Waals surface area contributed by atoms with Crippen LogP contribution in [0.15, 0.2) is 29.2 Å². The third-order valence-electron chi connectivity index (χ3n) is 3.26. The molecule has 1 N–H and O–H groups in total. The average Bonchev–Trinajstić information content (AvgIpc) is 2.78. The number of anilines is 1. The molecule has 0 saturated carbocycles. The van der Waals surface area contributed by atoms with Crippen LogP contribution in [-0.2, 0) is 10.0 Å². The number of benzene rings is 1. The number of sulfonamides is 1. The first kappa shape index (κ1) is 13.4. The molecular weight excluding hydrogens is 248 g/mol. The highest BCUT2D eigenvalue weighted by Gasteiger charge is 2.30. The Morgan fingerprint density at radius 2 is 2.00 bits per heavy atom. The Morgan fingerprint density at radius 3 is 2.50 bits per heavy atom. The summed E-state index contributed by atoms with van der Waals surface area (Å²) in [5.41, 5.74) is 0.950. The molecule has 18 heavy (non-hydrogen) atoms. The molecule has 1 heterocycles. The summed E-state index contributed by atoms with van der Waals surface area (Å²) < 4.78 is 26.3. The normalized spacial score (nSPS) is 21.1. The number of nitrogens with zero attached hydrogens (tertiary/aromatic N) is 1. The van der Waals surface area contributed by atoms with Gasteiger partial charge in [-0.25, -0.2) is 8.42 Å². The first-order chi connectivity index (χ1) is 8.54. The van der Waals surface area contributed by atoms with E-state index in [0.717, 1.165) is 18.7 Å². The van der Waals surface area contributed by atoms with Gasteiger partial charge in [0.2, 0.25) is 10.0 Å². The first-order valence-electron chi connectivity index (χ1n) is 6.38. The molecule has 1 fully saturated rings. The van der Waals surface area contributed by atoms with Crippen LogP contribution in [0.3, 0.4) is 0 Å². The van der Waals surface area contributed by atoms with Crippen molar-refractivity contribution in [3.63, 3.8) is 0 Å². The molecule has 1 aromatic rings. The summed E-state index contributed by atoms with van der Waals surface area (Å²) in [7, 11) is -3.30. The molecule has 0 radical (unpaired) electrons. The van der Waals surface area contributed by atoms with Crippen molar-refractivity contribution in [2.75, 3.05) is 25.0 Å². The van der Waals surface area contributed by atoms with Crippen molar-refractivity contribution in [2.24, 2.45) is 5.92 Å². The largest absolute Gasteiger partial charge is 0.385 e. The lowest BCUT2D eigenvalue weighted by molar-refractivity contribution is 0.464. The first-order valence-corrected chi connectivity index (χ1v) is 7.82. The Balaban J connectivity index is 2.19. The molecule has 2 rings (SSSR count). The molecule has 0 spiro atoms. The second kappa shape index (κ2) is 5.28. The Morgan fingerprint density at radius 1 is 1.33 bits per heavy atom. The topological polar surface area (TPSA) is 49.4 Å². The van der Waals surface area contributed by atoms with Gasteiger partial charge in [0, 0.05) is 25.3 Å². The summed E-state index contributed by atoms with van der Waals surface area (Å²) in [5, 5.41) is 3.15. The van der Waals surface area contributed by atoms with Crippen LogP contribution < -0.4 is 5.32 Å². The third kappa shape index (κ3) is 2.67. The lowest BCUT2D eigenvalue weighted by atomic mass is 10.2. The van der Waals surface area contributed by atoms with Gasteiger partial charge >= 0.3 is 0 Å². The van der Waals surface area contributed by atoms with Crippen molar-refractivity contribution in [3.8, 4) is 0 Å². The summed E-state index contributed by atoms with van der Waals surface area (Å²) >= 11 is 0. The van der Waals surface area contributed by atoms with Crippen LogP contribution in [0, 0.1) is 5.92 Å². The van der Waals surface area contributed by atoms with Gasteiger partial charge in [0.05, 0.1) is 4.90 Å². The SMILES string of the molecule is CCNc1ccc(S(=O)(=O)N2CCC(C)C2)cc1. The molecule has 4 nitrogen and oxygen atoms in total. The highest BCUT2D eigenvalue weighted by atomic mass is 32.2. The highest BCUT2D eigenvalue weighted by Crippen LogP contribution is 2.24. The minimum Gasteiger partial charge on any atom is -0.385 e. The van der Waals surface area contributed by atoms with Gasteiger partial charge in [0.25, 0.3) is 0 Å². The molecule has 100 valence electrons. The molecule has 1 atom stereocenters. The molecular formula is C13H20N2O2S. The van der Waals surface area contributed by atoms with Gasteiger partial charge in [-0.15, -0.1) is 0 Å². The van der Waals surface area contributed by atoms with Crippen LogP contribution in [0.25, 0.3) is 0 Å². The van der Waals surface area contributed by atoms with E-state index < -0.39 is 10.0 Å². The van der Waals surface area contributed by atoms with Crippen LogP contribution in [-0.4, -0.2) is 32.4 Å². The van der Waals surface area contributed by atoms with E-state index >= 15 is 0 Å². The van der Waals surface area contributed by atoms with Gasteiger partial charge in [-0.05, 0) is 43.5 Å². The fourth-order valence-electron chi connectivity index (χ4n) is 2.21. The molecule has 0 amide bonds. The Bertz CT molecular complexity index is 496. The number of rotatable bonds is 4. The Hall–Kier alpha value is -1.07. The number of nitrogens with one attached hydrogen (secondary N) is 1. The monoisotopic (exact) mass is 268 g/mol. The lowest BCUT2D eigenvalue weighted by Crippen LogP contribution is -2.28. The third-order valence-corrected chi connectivity index (χ3v) is 5.14. The Kier molecular flexibility index (Phi) is 3.92. The van der Waals surface area contributed by atoms with Crippen molar-refractivity contribution >= 4 is 15.7 Å². The van der Waals surface area contributed by atoms with Gasteiger partial charge in [0.1, 0.15) is 0 Å². The molecule has 1 unspecified atom stereocenters. The minimum absolute atomic E-state index is 0.387. The quantitative estimate of drug-likeness (QED) is 0.910. The van der Waals surface area contributed by atoms with E-state index in [1.165, 1.54) is 0 Å². The van der Waals surface area contributed by atoms with E-state index in [1.54, 1.807) is 16.4 Å². The predicted molar refractivity (Wildman–Crippen MR) is 73.1 cm³/mol. The molecule has 1 aromatic carbocycles. The van der Waals surface area contributed by atoms with Crippen molar-refractivity contribution in [2.45, 2.75) is 25.2 Å². The van der Waals surface area contributed by atoms with E-state index in [2.05, 4.69) is 12.2 Å². The molecule has 0 aromatic heterocycles. The smallest absolute Gasteiger partial charge is 0.243 e. The summed E-state index contributed by atoms with van der Waals surface area (Å²) in [4.78, 5) is 0.387. The number of hydrogen-bond donors (Lipinski definition) is 1. The van der Waals surface area contributed by atoms with Crippen molar-refractivity contribution in [1.82, 2.24) is 4.31 Å². The van der Waals surface area contributed by atoms with Crippen molar-refractivity contribution in [3.05, 3.63) is 24.3 Å². The molecule has 0 aliphatic carbocycles. The maximum Gasteiger partial charge on any atom is 0.243 e. The zero-order valence-electron chi connectivity index (χ0n) is 10.9. The summed E-state index contributed by atoms with van der Waals surface area (Å²) in [6, 6.07) is 6.98. The van der Waals surface area contributed by atoms with Gasteiger partial charge in [0.15, 0.2) is 0 Å². The summed E-state index contributed by atoms with van der Waals surface area (Å²) in [6.07, 6.45) is 0.953. The van der Waals surface area contributed by atoms with E-state index in [9.17, 15) is 8.42 Å². The summed E-state index contributed by atoms with van der Waals surface area (Å²) in [5.74, 6) is 0.459. The van der Waals surface area contributed by atoms with Crippen molar-refractivity contribution in [1.29, 1.82) is 0 Å². The average molecular weight is 268 g/mol. The Labute approximate surface area is 109 Å². The molecule has 1 aliphatic heterocycles. The maximum atomic E-state index is 12.4. The van der Waals surface area contributed by atoms with Gasteiger partial charge in [-0.2, -0.15) is 4.31 Å². The van der Waals surface area contributed by atoms with E-state index in [-0.39, 0.29) is 0 Å². The molecule has 1 saturated heterocycles. The highest BCUT2D eigenvalue weighted by molar-refractivity contribution is 7.89. The van der Waals surface area contributed by atoms with Gasteiger partial charge < -0.3 is 5.32 Å². The fourth-order valence-corrected chi connectivity index (χ4v) is 3.79. The van der Waals surface area contributed by atoms with Crippen LogP contribution in [0.4, 0.5) is 5.69 Å². The molecule has 0 bridgehead atoms. The number of hydrogen-bond acceptors (Lipinski definition) is 3. The van der Waals surface area contributed by atoms with Crippen LogP contribution in [0.5, 0.6) is 0 Å². The van der Waals surface area contributed by atoms with Crippen molar-refractivity contribution < 1.29 is 8.42 Å². The molecule has 5 heteroatoms. The second-order valence-corrected chi connectivity index (χ2v) is 6.75. The van der Waals surface area contributed by atoms with Crippen LogP contribution in [0.1, 0.15) is 20.3 Å². The zero-order chi connectivity index (χ0) is 13.2. The van der Waals surface area contributed by atoms with Crippen LogP contribution >= 0.6 is 0 Å². The van der Waals surface area contributed by atoms with Crippen LogP contribution in [0.2, 0.25) is 0 Å². The fraction of sp³-hybridized carbons (Fsp3) is 0.538. The standard InChI is InChI=1S/C13H20N2O2S/c1-3-14-12-4-6-13(7-5-12)18(16,17)15-9-8-11(2)10-15/h4-7,11,14H,3,8-10H2,1-2H3. The summed E-state index contributed by atoms with van der Waals surface area (Å²) in [6.45, 7) is 6.20. The second-order valence-electron chi connectivity index (χ2n) is 4.81. The van der Waals surface area contributed by atoms with E-state index in [0.29, 0.717) is 23.9 Å². The van der Waals surface area contributed by atoms with Gasteiger partial charge in [-0.1, -0.05) is 6.92 Å². The lowest BCUT2D eigenvalue weighted by Gasteiger charge is -2.16. The van der Waals surface area contributed by atoms with E-state index in [1.807, 2.05) is 19.1 Å². The molecule has 1 aliphatic rings. The maximum absolute atomic E-state index is 12.4. The predicted octanol–water partition coefficient (Wildman–Crippen LogP) is 2.15. The minimum atomic E-state index is -3.30. The zero-order valence-corrected chi connectivity index (χ0v) is 11.7. The van der Waals surface area contributed by atoms with E-state index in [4.69, 9.17) is 0 Å². The van der Waals surface area contributed by atoms with Gasteiger partial charge in [-0.3, -0.25) is 0 Å².